The lowest BCUT2D eigenvalue weighted by Gasteiger charge is -2.15. The molecule has 3 amide bonds. The van der Waals surface area contributed by atoms with Crippen LogP contribution in [0, 0.1) is 0 Å². The van der Waals surface area contributed by atoms with Gasteiger partial charge in [-0.3, -0.25) is 10.1 Å². The highest BCUT2D eigenvalue weighted by Gasteiger charge is 2.21. The summed E-state index contributed by atoms with van der Waals surface area (Å²) in [6.45, 7) is 4.23. The summed E-state index contributed by atoms with van der Waals surface area (Å²) in [6, 6.07) is 6.28. The fraction of sp³-hybridized carbons (Fsp3) is 0.438. The van der Waals surface area contributed by atoms with Gasteiger partial charge in [0.2, 0.25) is 0 Å². The van der Waals surface area contributed by atoms with E-state index in [4.69, 9.17) is 4.74 Å². The molecule has 126 valence electrons. The predicted octanol–water partition coefficient (Wildman–Crippen LogP) is 1.90. The van der Waals surface area contributed by atoms with Gasteiger partial charge in [0.1, 0.15) is 0 Å². The molecule has 0 saturated heterocycles. The van der Waals surface area contributed by atoms with Crippen molar-refractivity contribution in [3.63, 3.8) is 0 Å². The van der Waals surface area contributed by atoms with Gasteiger partial charge in [0.15, 0.2) is 6.10 Å². The molecule has 23 heavy (non-hydrogen) atoms. The van der Waals surface area contributed by atoms with Crippen LogP contribution in [0.1, 0.15) is 37.0 Å². The van der Waals surface area contributed by atoms with Gasteiger partial charge >= 0.3 is 12.0 Å². The van der Waals surface area contributed by atoms with E-state index in [-0.39, 0.29) is 0 Å². The highest BCUT2D eigenvalue weighted by atomic mass is 16.5. The Kier molecular flexibility index (Phi) is 7.59. The summed E-state index contributed by atoms with van der Waals surface area (Å²) in [4.78, 5) is 35.0. The second kappa shape index (κ2) is 9.45. The first-order chi connectivity index (χ1) is 11.0. The first kappa shape index (κ1) is 18.5. The molecule has 0 heterocycles. The zero-order chi connectivity index (χ0) is 17.2. The number of amides is 3. The fourth-order valence-electron chi connectivity index (χ4n) is 1.77. The number of anilines is 1. The molecular formula is C16H23N3O4. The van der Waals surface area contributed by atoms with Crippen LogP contribution in [0.3, 0.4) is 0 Å². The molecule has 1 rings (SSSR count). The van der Waals surface area contributed by atoms with Crippen molar-refractivity contribution >= 4 is 23.6 Å². The molecule has 7 heteroatoms. The Morgan fingerprint density at radius 2 is 1.91 bits per heavy atom. The number of ether oxygens (including phenoxy) is 1. The van der Waals surface area contributed by atoms with Crippen molar-refractivity contribution in [2.45, 2.75) is 32.8 Å². The topological polar surface area (TPSA) is 96.5 Å². The zero-order valence-corrected chi connectivity index (χ0v) is 13.6. The van der Waals surface area contributed by atoms with Gasteiger partial charge in [-0.15, -0.1) is 0 Å². The molecule has 0 aliphatic carbocycles. The van der Waals surface area contributed by atoms with Gasteiger partial charge in [-0.25, -0.2) is 9.59 Å². The molecule has 0 aliphatic rings. The van der Waals surface area contributed by atoms with E-state index in [0.717, 1.165) is 19.4 Å². The van der Waals surface area contributed by atoms with Crippen LogP contribution in [0.25, 0.3) is 0 Å². The Hall–Kier alpha value is -2.57. The van der Waals surface area contributed by atoms with E-state index in [2.05, 4.69) is 22.9 Å². The number of para-hydroxylation sites is 1. The lowest BCUT2D eigenvalue weighted by atomic mass is 10.1. The van der Waals surface area contributed by atoms with Gasteiger partial charge < -0.3 is 15.4 Å². The molecule has 0 saturated carbocycles. The Balaban J connectivity index is 2.70. The van der Waals surface area contributed by atoms with Crippen molar-refractivity contribution in [2.75, 3.05) is 18.9 Å². The second-order valence-electron chi connectivity index (χ2n) is 4.94. The van der Waals surface area contributed by atoms with Crippen LogP contribution in [0.4, 0.5) is 10.5 Å². The third-order valence-electron chi connectivity index (χ3n) is 3.11. The van der Waals surface area contributed by atoms with E-state index in [9.17, 15) is 14.4 Å². The lowest BCUT2D eigenvalue weighted by Crippen LogP contribution is -2.43. The van der Waals surface area contributed by atoms with Crippen molar-refractivity contribution in [3.8, 4) is 0 Å². The number of nitrogens with one attached hydrogen (secondary N) is 3. The van der Waals surface area contributed by atoms with Crippen LogP contribution >= 0.6 is 0 Å². The van der Waals surface area contributed by atoms with E-state index in [1.165, 1.54) is 14.0 Å². The fourth-order valence-corrected chi connectivity index (χ4v) is 1.77. The molecule has 0 radical (unpaired) electrons. The van der Waals surface area contributed by atoms with Crippen LogP contribution in [-0.4, -0.2) is 37.6 Å². The van der Waals surface area contributed by atoms with Crippen LogP contribution in [0.2, 0.25) is 0 Å². The van der Waals surface area contributed by atoms with Gasteiger partial charge in [-0.05, 0) is 25.5 Å². The number of carbonyl (C=O) groups is 3. The summed E-state index contributed by atoms with van der Waals surface area (Å²) < 4.78 is 5.12. The third kappa shape index (κ3) is 5.98. The lowest BCUT2D eigenvalue weighted by molar-refractivity contribution is -0.127. The maximum Gasteiger partial charge on any atom is 0.341 e. The normalized spacial score (nSPS) is 11.3. The predicted molar refractivity (Wildman–Crippen MR) is 87.3 cm³/mol. The van der Waals surface area contributed by atoms with E-state index in [1.54, 1.807) is 18.2 Å². The summed E-state index contributed by atoms with van der Waals surface area (Å²) in [5, 5.41) is 7.49. The van der Waals surface area contributed by atoms with Gasteiger partial charge in [0.25, 0.3) is 5.91 Å². The third-order valence-corrected chi connectivity index (χ3v) is 3.11. The number of benzene rings is 1. The summed E-state index contributed by atoms with van der Waals surface area (Å²) in [7, 11) is 1.39. The first-order valence-corrected chi connectivity index (χ1v) is 7.56. The van der Waals surface area contributed by atoms with Crippen molar-refractivity contribution in [3.05, 3.63) is 29.8 Å². The summed E-state index contributed by atoms with van der Waals surface area (Å²) in [5.41, 5.74) is 1.01. The molecule has 0 spiro atoms. The van der Waals surface area contributed by atoms with Crippen molar-refractivity contribution < 1.29 is 19.1 Å². The minimum absolute atomic E-state index is 0.350. The average molecular weight is 321 g/mol. The molecule has 1 aromatic rings. The van der Waals surface area contributed by atoms with Crippen LogP contribution in [0.5, 0.6) is 0 Å². The monoisotopic (exact) mass is 321 g/mol. The molecule has 3 N–H and O–H groups in total. The van der Waals surface area contributed by atoms with E-state index in [1.807, 2.05) is 6.07 Å². The number of rotatable bonds is 7. The maximum absolute atomic E-state index is 12.2. The van der Waals surface area contributed by atoms with Crippen molar-refractivity contribution in [1.29, 1.82) is 0 Å². The van der Waals surface area contributed by atoms with Crippen LogP contribution in [0.15, 0.2) is 24.3 Å². The summed E-state index contributed by atoms with van der Waals surface area (Å²) >= 11 is 0. The maximum atomic E-state index is 12.2. The molecule has 0 aliphatic heterocycles. The molecule has 0 fully saturated rings. The largest absolute Gasteiger partial charge is 0.449 e. The SMILES string of the molecule is CCCCNc1ccccc1C(=O)O[C@H](C)C(=O)NC(=O)NC. The second-order valence-corrected chi connectivity index (χ2v) is 4.94. The number of hydrogen-bond acceptors (Lipinski definition) is 5. The smallest absolute Gasteiger partial charge is 0.341 e. The highest BCUT2D eigenvalue weighted by molar-refractivity contribution is 6.00. The average Bonchev–Trinajstić information content (AvgIpc) is 2.55. The number of urea groups is 1. The summed E-state index contributed by atoms with van der Waals surface area (Å²) in [5.74, 6) is -1.31. The first-order valence-electron chi connectivity index (χ1n) is 7.56. The minimum Gasteiger partial charge on any atom is -0.449 e. The van der Waals surface area contributed by atoms with E-state index in [0.29, 0.717) is 11.3 Å². The van der Waals surface area contributed by atoms with E-state index < -0.39 is 24.0 Å². The number of unbranched alkanes of at least 4 members (excludes halogenated alkanes) is 1. The Bertz CT molecular complexity index is 560. The van der Waals surface area contributed by atoms with Crippen LogP contribution in [-0.2, 0) is 9.53 Å². The standard InChI is InChI=1S/C16H23N3O4/c1-4-5-10-18-13-9-7-6-8-12(13)15(21)23-11(2)14(20)19-16(22)17-3/h6-9,11,18H,4-5,10H2,1-3H3,(H2,17,19,20,22)/t11-/m1/s1. The molecule has 0 unspecified atom stereocenters. The zero-order valence-electron chi connectivity index (χ0n) is 13.6. The number of hydrogen-bond donors (Lipinski definition) is 3. The van der Waals surface area contributed by atoms with Gasteiger partial charge in [-0.2, -0.15) is 0 Å². The van der Waals surface area contributed by atoms with Crippen molar-refractivity contribution in [1.82, 2.24) is 10.6 Å². The number of imide groups is 1. The minimum atomic E-state index is -1.08. The van der Waals surface area contributed by atoms with Gasteiger partial charge in [-0.1, -0.05) is 25.5 Å². The molecule has 0 bridgehead atoms. The molecule has 7 nitrogen and oxygen atoms in total. The van der Waals surface area contributed by atoms with Gasteiger partial charge in [0, 0.05) is 19.3 Å². The highest BCUT2D eigenvalue weighted by Crippen LogP contribution is 2.17. The Morgan fingerprint density at radius 1 is 1.22 bits per heavy atom. The molecular weight excluding hydrogens is 298 g/mol. The van der Waals surface area contributed by atoms with Gasteiger partial charge in [0.05, 0.1) is 5.56 Å². The Morgan fingerprint density at radius 3 is 2.57 bits per heavy atom. The molecule has 0 aromatic heterocycles. The summed E-state index contributed by atoms with van der Waals surface area (Å²) in [6.07, 6.45) is 0.938. The number of carbonyl (C=O) groups excluding carboxylic acids is 3. The van der Waals surface area contributed by atoms with Crippen molar-refractivity contribution in [2.24, 2.45) is 0 Å². The van der Waals surface area contributed by atoms with Crippen LogP contribution < -0.4 is 16.0 Å². The van der Waals surface area contributed by atoms with E-state index >= 15 is 0 Å². The number of esters is 1. The quantitative estimate of drug-likeness (QED) is 0.526. The molecule has 1 atom stereocenters. The Labute approximate surface area is 135 Å². The molecule has 1 aromatic carbocycles.